The second-order valence-corrected chi connectivity index (χ2v) is 11.2. The molecule has 3 rings (SSSR count). The number of hydrogen-bond donors (Lipinski definition) is 1. The van der Waals surface area contributed by atoms with Gasteiger partial charge in [0.1, 0.15) is 12.6 Å². The van der Waals surface area contributed by atoms with Crippen LogP contribution in [0.3, 0.4) is 0 Å². The SMILES string of the molecule is CNC(=O)[C@@H](C)N(Cc1ccccc1Cl)C(=O)CN(c1ccc(I)cc1)S(=O)(=O)c1ccccc1. The Morgan fingerprint density at radius 3 is 2.17 bits per heavy atom. The van der Waals surface area contributed by atoms with E-state index < -0.39 is 28.5 Å². The summed E-state index contributed by atoms with van der Waals surface area (Å²) in [5, 5.41) is 2.99. The highest BCUT2D eigenvalue weighted by Gasteiger charge is 2.32. The molecule has 0 unspecified atom stereocenters. The van der Waals surface area contributed by atoms with Crippen LogP contribution in [0.1, 0.15) is 12.5 Å². The molecule has 0 aliphatic carbocycles. The normalized spacial score (nSPS) is 12.0. The number of anilines is 1. The van der Waals surface area contributed by atoms with Gasteiger partial charge >= 0.3 is 0 Å². The van der Waals surface area contributed by atoms with Crippen LogP contribution in [0.2, 0.25) is 5.02 Å². The minimum Gasteiger partial charge on any atom is -0.357 e. The maximum atomic E-state index is 13.6. The number of likely N-dealkylation sites (N-methyl/N-ethyl adjacent to an activating group) is 1. The molecule has 3 aromatic rings. The van der Waals surface area contributed by atoms with Gasteiger partial charge in [0.05, 0.1) is 10.6 Å². The summed E-state index contributed by atoms with van der Waals surface area (Å²) in [5.41, 5.74) is 0.984. The van der Waals surface area contributed by atoms with Gasteiger partial charge in [0, 0.05) is 22.2 Å². The first-order valence-corrected chi connectivity index (χ1v) is 13.6. The highest BCUT2D eigenvalue weighted by atomic mass is 127. The smallest absolute Gasteiger partial charge is 0.264 e. The van der Waals surface area contributed by atoms with Gasteiger partial charge in [-0.1, -0.05) is 48.0 Å². The number of nitrogens with zero attached hydrogens (tertiary/aromatic N) is 2. The molecule has 0 aliphatic heterocycles. The molecule has 0 fully saturated rings. The molecule has 0 radical (unpaired) electrons. The molecular formula is C25H25ClIN3O4S. The Morgan fingerprint density at radius 1 is 0.971 bits per heavy atom. The second-order valence-electron chi connectivity index (χ2n) is 7.70. The van der Waals surface area contributed by atoms with E-state index in [1.807, 2.05) is 0 Å². The van der Waals surface area contributed by atoms with Gasteiger partial charge in [-0.05, 0) is 77.5 Å². The van der Waals surface area contributed by atoms with E-state index in [0.29, 0.717) is 16.3 Å². The van der Waals surface area contributed by atoms with Gasteiger partial charge in [0.2, 0.25) is 11.8 Å². The number of amides is 2. The molecule has 184 valence electrons. The van der Waals surface area contributed by atoms with Crippen molar-refractivity contribution >= 4 is 61.7 Å². The van der Waals surface area contributed by atoms with Gasteiger partial charge in [-0.3, -0.25) is 13.9 Å². The van der Waals surface area contributed by atoms with Crippen molar-refractivity contribution in [3.8, 4) is 0 Å². The van der Waals surface area contributed by atoms with E-state index in [1.54, 1.807) is 73.7 Å². The molecule has 0 aliphatic rings. The average Bonchev–Trinajstić information content (AvgIpc) is 2.86. The highest BCUT2D eigenvalue weighted by molar-refractivity contribution is 14.1. The van der Waals surface area contributed by atoms with Crippen molar-refractivity contribution in [2.24, 2.45) is 0 Å². The van der Waals surface area contributed by atoms with Crippen molar-refractivity contribution in [2.75, 3.05) is 17.9 Å². The topological polar surface area (TPSA) is 86.8 Å². The largest absolute Gasteiger partial charge is 0.357 e. The van der Waals surface area contributed by atoms with Gasteiger partial charge < -0.3 is 10.2 Å². The Balaban J connectivity index is 2.02. The molecule has 0 aromatic heterocycles. The standard InChI is InChI=1S/C25H25ClIN3O4S/c1-18(25(32)28-2)29(16-19-8-6-7-11-23(19)26)24(31)17-30(21-14-12-20(27)13-15-21)35(33,34)22-9-4-3-5-10-22/h3-15,18H,16-17H2,1-2H3,(H,28,32)/t18-/m1/s1. The predicted octanol–water partition coefficient (Wildman–Crippen LogP) is 4.30. The minimum absolute atomic E-state index is 0.0407. The van der Waals surface area contributed by atoms with Crippen LogP contribution in [0.25, 0.3) is 0 Å². The van der Waals surface area contributed by atoms with E-state index in [1.165, 1.54) is 24.1 Å². The number of benzene rings is 3. The van der Waals surface area contributed by atoms with Crippen molar-refractivity contribution in [3.05, 3.63) is 93.0 Å². The molecule has 0 heterocycles. The first-order valence-electron chi connectivity index (χ1n) is 10.7. The zero-order chi connectivity index (χ0) is 25.6. The summed E-state index contributed by atoms with van der Waals surface area (Å²) < 4.78 is 29.2. The van der Waals surface area contributed by atoms with E-state index in [2.05, 4.69) is 27.9 Å². The maximum absolute atomic E-state index is 13.6. The molecule has 0 saturated heterocycles. The molecule has 1 N–H and O–H groups in total. The second kappa shape index (κ2) is 11.9. The zero-order valence-corrected chi connectivity index (χ0v) is 22.9. The van der Waals surface area contributed by atoms with Gasteiger partial charge in [-0.15, -0.1) is 0 Å². The van der Waals surface area contributed by atoms with Crippen LogP contribution < -0.4 is 9.62 Å². The fraction of sp³-hybridized carbons (Fsp3) is 0.200. The molecule has 1 atom stereocenters. The number of sulfonamides is 1. The fourth-order valence-corrected chi connectivity index (χ4v) is 5.45. The van der Waals surface area contributed by atoms with Gasteiger partial charge in [-0.2, -0.15) is 0 Å². The van der Waals surface area contributed by atoms with E-state index >= 15 is 0 Å². The van der Waals surface area contributed by atoms with Crippen LogP contribution in [0.5, 0.6) is 0 Å². The number of carbonyl (C=O) groups is 2. The van der Waals surface area contributed by atoms with E-state index in [4.69, 9.17) is 11.6 Å². The van der Waals surface area contributed by atoms with Crippen LogP contribution in [0.15, 0.2) is 83.8 Å². The molecule has 7 nitrogen and oxygen atoms in total. The highest BCUT2D eigenvalue weighted by Crippen LogP contribution is 2.26. The number of carbonyl (C=O) groups excluding carboxylic acids is 2. The summed E-state index contributed by atoms with van der Waals surface area (Å²) >= 11 is 8.44. The molecule has 3 aromatic carbocycles. The van der Waals surface area contributed by atoms with E-state index in [-0.39, 0.29) is 17.3 Å². The first-order chi connectivity index (χ1) is 16.6. The van der Waals surface area contributed by atoms with Crippen LogP contribution in [-0.4, -0.2) is 44.8 Å². The summed E-state index contributed by atoms with van der Waals surface area (Å²) in [6.07, 6.45) is 0. The van der Waals surface area contributed by atoms with E-state index in [9.17, 15) is 18.0 Å². The first kappa shape index (κ1) is 27.0. The Bertz CT molecular complexity index is 1290. The Hall–Kier alpha value is -2.63. The maximum Gasteiger partial charge on any atom is 0.264 e. The molecule has 35 heavy (non-hydrogen) atoms. The number of rotatable bonds is 9. The predicted molar refractivity (Wildman–Crippen MR) is 146 cm³/mol. The summed E-state index contributed by atoms with van der Waals surface area (Å²) in [4.78, 5) is 27.5. The number of halogens is 2. The van der Waals surface area contributed by atoms with Gasteiger partial charge in [-0.25, -0.2) is 8.42 Å². The number of nitrogens with one attached hydrogen (secondary N) is 1. The molecule has 0 spiro atoms. The summed E-state index contributed by atoms with van der Waals surface area (Å²) in [6.45, 7) is 1.14. The van der Waals surface area contributed by atoms with Crippen molar-refractivity contribution in [2.45, 2.75) is 24.4 Å². The van der Waals surface area contributed by atoms with Crippen LogP contribution in [0.4, 0.5) is 5.69 Å². The molecular weight excluding hydrogens is 601 g/mol. The lowest BCUT2D eigenvalue weighted by molar-refractivity contribution is -0.139. The molecule has 0 bridgehead atoms. The summed E-state index contributed by atoms with van der Waals surface area (Å²) in [5.74, 6) is -0.920. The Labute approximate surface area is 224 Å². The monoisotopic (exact) mass is 625 g/mol. The van der Waals surface area contributed by atoms with Crippen molar-refractivity contribution in [1.29, 1.82) is 0 Å². The number of hydrogen-bond acceptors (Lipinski definition) is 4. The summed E-state index contributed by atoms with van der Waals surface area (Å²) in [7, 11) is -2.59. The average molecular weight is 626 g/mol. The van der Waals surface area contributed by atoms with Crippen LogP contribution >= 0.6 is 34.2 Å². The van der Waals surface area contributed by atoms with Crippen molar-refractivity contribution < 1.29 is 18.0 Å². The fourth-order valence-electron chi connectivity index (χ4n) is 3.46. The van der Waals surface area contributed by atoms with Crippen LogP contribution in [-0.2, 0) is 26.2 Å². The minimum atomic E-state index is -4.07. The van der Waals surface area contributed by atoms with Crippen molar-refractivity contribution in [1.82, 2.24) is 10.2 Å². The zero-order valence-electron chi connectivity index (χ0n) is 19.2. The lowest BCUT2D eigenvalue weighted by atomic mass is 10.1. The van der Waals surface area contributed by atoms with Gasteiger partial charge in [0.15, 0.2) is 0 Å². The third-order valence-electron chi connectivity index (χ3n) is 5.44. The molecule has 0 saturated carbocycles. The van der Waals surface area contributed by atoms with E-state index in [0.717, 1.165) is 7.88 Å². The lowest BCUT2D eigenvalue weighted by Gasteiger charge is -2.32. The lowest BCUT2D eigenvalue weighted by Crippen LogP contribution is -2.50. The molecule has 10 heteroatoms. The van der Waals surface area contributed by atoms with Gasteiger partial charge in [0.25, 0.3) is 10.0 Å². The quantitative estimate of drug-likeness (QED) is 0.360. The third kappa shape index (κ3) is 6.53. The van der Waals surface area contributed by atoms with Crippen molar-refractivity contribution in [3.63, 3.8) is 0 Å². The summed E-state index contributed by atoms with van der Waals surface area (Å²) in [6, 6.07) is 20.9. The van der Waals surface area contributed by atoms with Crippen LogP contribution in [0, 0.1) is 3.57 Å². The third-order valence-corrected chi connectivity index (χ3v) is 8.31. The Morgan fingerprint density at radius 2 is 1.57 bits per heavy atom. The molecule has 2 amide bonds. The Kier molecular flexibility index (Phi) is 9.15.